The number of nitrogens with two attached hydrogens (primary N) is 1. The number of rotatable bonds is 13. The van der Waals surface area contributed by atoms with Gasteiger partial charge in [0.15, 0.2) is 17.2 Å². The molecule has 82 heavy (non-hydrogen) atoms. The first-order valence-electron chi connectivity index (χ1n) is 24.7. The number of aliphatic carboxylic acids is 2. The third kappa shape index (κ3) is 12.4. The number of carboxylic acid groups (broad SMARTS) is 2. The van der Waals surface area contributed by atoms with E-state index < -0.39 is 107 Å². The van der Waals surface area contributed by atoms with Crippen molar-refractivity contribution in [1.82, 2.24) is 14.9 Å². The highest BCUT2D eigenvalue weighted by Crippen LogP contribution is 2.49. The monoisotopic (exact) mass is 1140 g/mol. The lowest BCUT2D eigenvalue weighted by atomic mass is 9.97. The van der Waals surface area contributed by atoms with Crippen LogP contribution in [0.15, 0.2) is 133 Å². The van der Waals surface area contributed by atoms with E-state index in [1.165, 1.54) is 32.9 Å². The standard InChI is InChI=1S/C29H24N2O9.C20H11NO5.C9H15NO5.ClH/c1-28(2,3)40-27(37)20(32)15-19(26(35)36)31-24(33)18-14-21-23(30-22(18)25(31)34)39-29(38-21,16-10-6-4-7-11-16)17-12-8-5-9-13-17;22-18-14-11-15-17(21-16(14)19(23)24-18)26-20(25-15,12-7-3-1-4-8-12)13-9-5-2-6-10-13;1-9(2,3)15-8(14)6(11)4-5(10)7(12)13;/h4-14,19H,15H2,1-3H3,(H,35,36);1-11H;5H,4,10H2,1-3H3,(H,12,13);1H/t19-;;5-;/m0.0./s1. The van der Waals surface area contributed by atoms with Gasteiger partial charge in [-0.1, -0.05) is 121 Å². The summed E-state index contributed by atoms with van der Waals surface area (Å²) in [5.74, 6) is -13.3. The van der Waals surface area contributed by atoms with Crippen LogP contribution in [0.4, 0.5) is 0 Å². The second-order valence-corrected chi connectivity index (χ2v) is 20.2. The number of ketones is 2. The van der Waals surface area contributed by atoms with Gasteiger partial charge < -0.3 is 49.1 Å². The molecule has 2 atom stereocenters. The van der Waals surface area contributed by atoms with E-state index in [1.54, 1.807) is 69.3 Å². The molecule has 2 aromatic heterocycles. The predicted octanol–water partition coefficient (Wildman–Crippen LogP) is 6.29. The Morgan fingerprint density at radius 2 is 0.915 bits per heavy atom. The normalized spacial score (nSPS) is 15.3. The number of ether oxygens (including phenoxy) is 7. The highest BCUT2D eigenvalue weighted by molar-refractivity contribution is 6.35. The molecule has 23 nitrogen and oxygen atoms in total. The molecule has 0 fully saturated rings. The van der Waals surface area contributed by atoms with Crippen molar-refractivity contribution in [3.05, 3.63) is 178 Å². The van der Waals surface area contributed by atoms with E-state index in [0.29, 0.717) is 16.0 Å². The number of carboxylic acids is 2. The van der Waals surface area contributed by atoms with Crippen molar-refractivity contribution in [2.24, 2.45) is 5.73 Å². The molecule has 4 aliphatic heterocycles. The van der Waals surface area contributed by atoms with Crippen molar-refractivity contribution in [3.63, 3.8) is 0 Å². The van der Waals surface area contributed by atoms with Crippen molar-refractivity contribution in [1.29, 1.82) is 0 Å². The summed E-state index contributed by atoms with van der Waals surface area (Å²) in [4.78, 5) is 128. The average molecular weight is 1140 g/mol. The fourth-order valence-electron chi connectivity index (χ4n) is 8.34. The number of amides is 2. The summed E-state index contributed by atoms with van der Waals surface area (Å²) in [5.41, 5.74) is 5.53. The molecule has 0 radical (unpaired) electrons. The molecule has 0 saturated heterocycles. The molecular formula is C58H51ClN4O19. The Morgan fingerprint density at radius 1 is 0.537 bits per heavy atom. The highest BCUT2D eigenvalue weighted by atomic mass is 35.5. The number of pyridine rings is 2. The summed E-state index contributed by atoms with van der Waals surface area (Å²) < 4.78 is 39.1. The first kappa shape index (κ1) is 59.8. The number of cyclic esters (lactones) is 2. The minimum atomic E-state index is -1.96. The molecule has 0 spiro atoms. The number of Topliss-reactive ketones (excluding diaryl/α,β-unsaturated/α-hetero) is 2. The van der Waals surface area contributed by atoms with E-state index in [0.717, 1.165) is 11.1 Å². The van der Waals surface area contributed by atoms with Gasteiger partial charge in [0.25, 0.3) is 23.6 Å². The van der Waals surface area contributed by atoms with Crippen molar-refractivity contribution in [2.45, 2.75) is 89.2 Å². The number of carbonyl (C=O) groups is 10. The van der Waals surface area contributed by atoms with Gasteiger partial charge in [0, 0.05) is 47.2 Å². The van der Waals surface area contributed by atoms with E-state index in [1.807, 2.05) is 72.8 Å². The van der Waals surface area contributed by atoms with Crippen LogP contribution in [-0.2, 0) is 54.6 Å². The van der Waals surface area contributed by atoms with Crippen LogP contribution in [0.5, 0.6) is 23.3 Å². The zero-order valence-corrected chi connectivity index (χ0v) is 45.2. The van der Waals surface area contributed by atoms with Gasteiger partial charge in [-0.05, 0) is 41.5 Å². The number of halogens is 1. The van der Waals surface area contributed by atoms with Gasteiger partial charge in [-0.2, -0.15) is 0 Å². The molecule has 24 heteroatoms. The van der Waals surface area contributed by atoms with Crippen LogP contribution in [0.25, 0.3) is 0 Å². The van der Waals surface area contributed by atoms with E-state index in [-0.39, 0.29) is 58.2 Å². The molecule has 0 unspecified atom stereocenters. The molecule has 0 bridgehead atoms. The average Bonchev–Trinajstić information content (AvgIpc) is 4.36. The molecular weight excluding hydrogens is 1090 g/mol. The van der Waals surface area contributed by atoms with Crippen LogP contribution in [0.2, 0.25) is 0 Å². The Balaban J connectivity index is 0.000000197. The first-order chi connectivity index (χ1) is 38.2. The third-order valence-corrected chi connectivity index (χ3v) is 11.9. The zero-order valence-electron chi connectivity index (χ0n) is 44.4. The topological polar surface area (TPSA) is 331 Å². The molecule has 0 aliphatic carbocycles. The first-order valence-corrected chi connectivity index (χ1v) is 24.7. The molecule has 2 amide bonds. The Kier molecular flexibility index (Phi) is 17.1. The maximum Gasteiger partial charge on any atom is 0.375 e. The van der Waals surface area contributed by atoms with Crippen molar-refractivity contribution < 1.29 is 91.3 Å². The van der Waals surface area contributed by atoms with Gasteiger partial charge in [0.1, 0.15) is 29.0 Å². The Bertz CT molecular complexity index is 3360. The summed E-state index contributed by atoms with van der Waals surface area (Å²) in [7, 11) is 0. The number of aromatic nitrogens is 2. The molecule has 10 rings (SSSR count). The van der Waals surface area contributed by atoms with E-state index in [9.17, 15) is 53.1 Å². The minimum Gasteiger partial charge on any atom is -0.480 e. The Labute approximate surface area is 472 Å². The number of imide groups is 1. The number of esters is 4. The second-order valence-electron chi connectivity index (χ2n) is 20.2. The number of benzene rings is 4. The third-order valence-electron chi connectivity index (χ3n) is 11.9. The quantitative estimate of drug-likeness (QED) is 0.0376. The Morgan fingerprint density at radius 3 is 1.29 bits per heavy atom. The van der Waals surface area contributed by atoms with Gasteiger partial charge in [-0.25, -0.2) is 33.9 Å². The fourth-order valence-corrected chi connectivity index (χ4v) is 8.34. The lowest BCUT2D eigenvalue weighted by Crippen LogP contribution is -2.47. The van der Waals surface area contributed by atoms with Gasteiger partial charge in [0.2, 0.25) is 11.6 Å². The molecule has 4 aliphatic rings. The van der Waals surface area contributed by atoms with Crippen molar-refractivity contribution >= 4 is 71.6 Å². The maximum atomic E-state index is 13.3. The van der Waals surface area contributed by atoms with Crippen LogP contribution in [-0.4, -0.2) is 108 Å². The smallest absolute Gasteiger partial charge is 0.375 e. The summed E-state index contributed by atoms with van der Waals surface area (Å²) in [6.07, 6.45) is -1.52. The number of carbonyl (C=O) groups excluding carboxylic acids is 8. The number of fused-ring (bicyclic) bond motifs is 4. The summed E-state index contributed by atoms with van der Waals surface area (Å²) in [6, 6.07) is 36.3. The van der Waals surface area contributed by atoms with Crippen LogP contribution >= 0.6 is 12.4 Å². The lowest BCUT2D eigenvalue weighted by Gasteiger charge is -2.28. The van der Waals surface area contributed by atoms with Crippen LogP contribution in [0.1, 0.15) is 118 Å². The minimum absolute atomic E-state index is 0. The highest BCUT2D eigenvalue weighted by Gasteiger charge is 2.52. The molecule has 0 saturated carbocycles. The summed E-state index contributed by atoms with van der Waals surface area (Å²) >= 11 is 0. The predicted molar refractivity (Wildman–Crippen MR) is 284 cm³/mol. The molecule has 4 aromatic carbocycles. The second kappa shape index (κ2) is 23.5. The van der Waals surface area contributed by atoms with Gasteiger partial charge in [-0.3, -0.25) is 28.9 Å². The molecule has 4 N–H and O–H groups in total. The SMILES string of the molecule is CC(C)(C)OC(=O)C(=O)C[C@@H](C(=O)O)N1C(=O)c2cc3c(nc2C1=O)OC(c1ccccc1)(c1ccccc1)O3.CC(C)(C)OC(=O)C(=O)C[C@H](N)C(=O)O.Cl.O=C1OC(=O)c2nc3c(cc21)OC(c1ccccc1)(c1ccccc1)O3. The summed E-state index contributed by atoms with van der Waals surface area (Å²) in [6.45, 7) is 9.43. The van der Waals surface area contributed by atoms with E-state index in [4.69, 9.17) is 39.3 Å². The largest absolute Gasteiger partial charge is 0.480 e. The molecule has 6 heterocycles. The van der Waals surface area contributed by atoms with Gasteiger partial charge in [-0.15, -0.1) is 12.4 Å². The van der Waals surface area contributed by atoms with Crippen LogP contribution in [0.3, 0.4) is 0 Å². The van der Waals surface area contributed by atoms with Crippen LogP contribution in [0, 0.1) is 0 Å². The van der Waals surface area contributed by atoms with Crippen molar-refractivity contribution in [3.8, 4) is 23.3 Å². The lowest BCUT2D eigenvalue weighted by molar-refractivity contribution is -0.163. The molecule has 424 valence electrons. The summed E-state index contributed by atoms with van der Waals surface area (Å²) in [5, 5.41) is 18.2. The van der Waals surface area contributed by atoms with Crippen LogP contribution < -0.4 is 24.7 Å². The Hall–Kier alpha value is -9.87. The molecule has 6 aromatic rings. The van der Waals surface area contributed by atoms with Crippen molar-refractivity contribution in [2.75, 3.05) is 0 Å². The van der Waals surface area contributed by atoms with Gasteiger partial charge in [0.05, 0.1) is 11.1 Å². The maximum absolute atomic E-state index is 13.3. The number of hydrogen-bond acceptors (Lipinski definition) is 20. The van der Waals surface area contributed by atoms with Gasteiger partial charge >= 0.3 is 47.4 Å². The zero-order chi connectivity index (χ0) is 58.8. The van der Waals surface area contributed by atoms with E-state index in [2.05, 4.69) is 14.7 Å². The van der Waals surface area contributed by atoms with E-state index >= 15 is 0 Å². The fraction of sp³-hybridized carbons (Fsp3) is 0.241. The number of hydrogen-bond donors (Lipinski definition) is 3. The number of nitrogens with zero attached hydrogens (tertiary/aromatic N) is 3.